The van der Waals surface area contributed by atoms with Gasteiger partial charge in [-0.2, -0.15) is 0 Å². The number of hydrogen-bond acceptors (Lipinski definition) is 3. The van der Waals surface area contributed by atoms with Crippen LogP contribution < -0.4 is 15.6 Å². The Morgan fingerprint density at radius 3 is 2.58 bits per heavy atom. The number of H-pyrrole nitrogens is 1. The van der Waals surface area contributed by atoms with Crippen molar-refractivity contribution in [1.82, 2.24) is 10.3 Å². The van der Waals surface area contributed by atoms with Crippen molar-refractivity contribution in [1.29, 1.82) is 0 Å². The van der Waals surface area contributed by atoms with Crippen LogP contribution in [0.1, 0.15) is 15.9 Å². The zero-order valence-electron chi connectivity index (χ0n) is 14.1. The van der Waals surface area contributed by atoms with Gasteiger partial charge in [0.25, 0.3) is 11.5 Å². The number of nitrogens with one attached hydrogen (secondary N) is 2. The van der Waals surface area contributed by atoms with Crippen molar-refractivity contribution in [3.8, 4) is 17.0 Å². The van der Waals surface area contributed by atoms with Gasteiger partial charge in [0.05, 0.1) is 6.04 Å². The molecule has 0 radical (unpaired) electrons. The Balaban J connectivity index is 1.50. The number of ether oxygens (including phenoxy) is 1. The van der Waals surface area contributed by atoms with Crippen molar-refractivity contribution >= 4 is 5.91 Å². The lowest BCUT2D eigenvalue weighted by Crippen LogP contribution is -2.44. The molecule has 3 aromatic rings. The molecule has 1 aromatic heterocycles. The molecule has 1 aliphatic heterocycles. The minimum absolute atomic E-state index is 0.100. The second kappa shape index (κ2) is 6.88. The van der Waals surface area contributed by atoms with Crippen molar-refractivity contribution in [3.05, 3.63) is 88.2 Å². The molecule has 0 saturated carbocycles. The summed E-state index contributed by atoms with van der Waals surface area (Å²) in [7, 11) is 0. The monoisotopic (exact) mass is 346 g/mol. The van der Waals surface area contributed by atoms with Gasteiger partial charge in [0, 0.05) is 5.69 Å². The van der Waals surface area contributed by atoms with Crippen LogP contribution in [0.25, 0.3) is 11.3 Å². The Bertz CT molecular complexity index is 995. The summed E-state index contributed by atoms with van der Waals surface area (Å²) < 4.78 is 5.68. The van der Waals surface area contributed by atoms with E-state index in [1.54, 1.807) is 12.1 Å². The largest absolute Gasteiger partial charge is 0.491 e. The SMILES string of the molecule is O=C(NC1COc2ccccc2C1)c1ccc(-c2ccccc2)[nH]c1=O. The van der Waals surface area contributed by atoms with Gasteiger partial charge in [-0.05, 0) is 35.7 Å². The summed E-state index contributed by atoms with van der Waals surface area (Å²) in [4.78, 5) is 27.6. The molecular weight excluding hydrogens is 328 g/mol. The predicted molar refractivity (Wildman–Crippen MR) is 99.4 cm³/mol. The molecule has 5 nitrogen and oxygen atoms in total. The molecule has 1 aliphatic rings. The molecule has 1 unspecified atom stereocenters. The maximum atomic E-state index is 12.5. The van der Waals surface area contributed by atoms with E-state index in [0.29, 0.717) is 18.7 Å². The van der Waals surface area contributed by atoms with Gasteiger partial charge in [-0.3, -0.25) is 9.59 Å². The van der Waals surface area contributed by atoms with E-state index in [1.807, 2.05) is 54.6 Å². The van der Waals surface area contributed by atoms with Crippen LogP contribution in [0.2, 0.25) is 0 Å². The molecule has 1 atom stereocenters. The van der Waals surface area contributed by atoms with Gasteiger partial charge >= 0.3 is 0 Å². The third-order valence-corrected chi connectivity index (χ3v) is 4.45. The summed E-state index contributed by atoms with van der Waals surface area (Å²) in [6, 6.07) is 20.4. The van der Waals surface area contributed by atoms with Gasteiger partial charge in [0.2, 0.25) is 0 Å². The van der Waals surface area contributed by atoms with E-state index >= 15 is 0 Å². The van der Waals surface area contributed by atoms with Crippen LogP contribution in [0.15, 0.2) is 71.5 Å². The number of carbonyl (C=O) groups excluding carboxylic acids is 1. The topological polar surface area (TPSA) is 71.2 Å². The molecular formula is C21H18N2O3. The highest BCUT2D eigenvalue weighted by Crippen LogP contribution is 2.24. The quantitative estimate of drug-likeness (QED) is 0.766. The molecule has 2 heterocycles. The summed E-state index contributed by atoms with van der Waals surface area (Å²) in [5.74, 6) is 0.460. The van der Waals surface area contributed by atoms with Crippen molar-refractivity contribution in [2.75, 3.05) is 6.61 Å². The first-order chi connectivity index (χ1) is 12.7. The third-order valence-electron chi connectivity index (χ3n) is 4.45. The highest BCUT2D eigenvalue weighted by Gasteiger charge is 2.22. The van der Waals surface area contributed by atoms with Crippen molar-refractivity contribution in [3.63, 3.8) is 0 Å². The third kappa shape index (κ3) is 3.24. The average molecular weight is 346 g/mol. The summed E-state index contributed by atoms with van der Waals surface area (Å²) in [5, 5.41) is 2.89. The van der Waals surface area contributed by atoms with E-state index in [0.717, 1.165) is 16.9 Å². The first kappa shape index (κ1) is 16.1. The van der Waals surface area contributed by atoms with Crippen molar-refractivity contribution in [2.45, 2.75) is 12.5 Å². The number of amides is 1. The number of hydrogen-bond donors (Lipinski definition) is 2. The Morgan fingerprint density at radius 1 is 1.00 bits per heavy atom. The molecule has 26 heavy (non-hydrogen) atoms. The van der Waals surface area contributed by atoms with Crippen LogP contribution in [0.3, 0.4) is 0 Å². The standard InChI is InChI=1S/C21H18N2O3/c24-20(22-16-12-15-8-4-5-9-19(15)26-13-16)17-10-11-18(23-21(17)25)14-6-2-1-3-7-14/h1-11,16H,12-13H2,(H,22,24)(H,23,25). The van der Waals surface area contributed by atoms with E-state index in [4.69, 9.17) is 4.74 Å². The minimum Gasteiger partial charge on any atom is -0.491 e. The number of benzene rings is 2. The van der Waals surface area contributed by atoms with E-state index < -0.39 is 5.56 Å². The van der Waals surface area contributed by atoms with Crippen LogP contribution in [-0.4, -0.2) is 23.5 Å². The van der Waals surface area contributed by atoms with E-state index in [2.05, 4.69) is 10.3 Å². The fourth-order valence-electron chi connectivity index (χ4n) is 3.12. The van der Waals surface area contributed by atoms with Gasteiger partial charge in [0.1, 0.15) is 17.9 Å². The van der Waals surface area contributed by atoms with Gasteiger partial charge < -0.3 is 15.0 Å². The van der Waals surface area contributed by atoms with E-state index in [9.17, 15) is 9.59 Å². The average Bonchev–Trinajstić information content (AvgIpc) is 2.68. The van der Waals surface area contributed by atoms with Crippen LogP contribution in [0, 0.1) is 0 Å². The van der Waals surface area contributed by atoms with Crippen molar-refractivity contribution < 1.29 is 9.53 Å². The Morgan fingerprint density at radius 2 is 1.77 bits per heavy atom. The van der Waals surface area contributed by atoms with Gasteiger partial charge in [0.15, 0.2) is 0 Å². The summed E-state index contributed by atoms with van der Waals surface area (Å²) in [6.07, 6.45) is 0.682. The highest BCUT2D eigenvalue weighted by molar-refractivity contribution is 5.94. The second-order valence-electron chi connectivity index (χ2n) is 6.27. The van der Waals surface area contributed by atoms with Crippen LogP contribution in [0.4, 0.5) is 0 Å². The molecule has 0 saturated heterocycles. The summed E-state index contributed by atoms with van der Waals surface area (Å²) in [5.41, 5.74) is 2.33. The Labute approximate surface area is 150 Å². The number of para-hydroxylation sites is 1. The molecule has 0 bridgehead atoms. The maximum absolute atomic E-state index is 12.5. The normalized spacial score (nSPS) is 15.6. The second-order valence-corrected chi connectivity index (χ2v) is 6.27. The molecule has 2 aromatic carbocycles. The Hall–Kier alpha value is -3.34. The number of aromatic nitrogens is 1. The lowest BCUT2D eigenvalue weighted by Gasteiger charge is -2.25. The van der Waals surface area contributed by atoms with Crippen molar-refractivity contribution in [2.24, 2.45) is 0 Å². The number of carbonyl (C=O) groups is 1. The summed E-state index contributed by atoms with van der Waals surface area (Å²) >= 11 is 0. The van der Waals surface area contributed by atoms with Crippen LogP contribution in [-0.2, 0) is 6.42 Å². The fraction of sp³-hybridized carbons (Fsp3) is 0.143. The number of aromatic amines is 1. The molecule has 130 valence electrons. The number of fused-ring (bicyclic) bond motifs is 1. The lowest BCUT2D eigenvalue weighted by molar-refractivity contribution is 0.0914. The fourth-order valence-corrected chi connectivity index (χ4v) is 3.12. The first-order valence-electron chi connectivity index (χ1n) is 8.51. The maximum Gasteiger partial charge on any atom is 0.261 e. The molecule has 2 N–H and O–H groups in total. The molecule has 0 spiro atoms. The van der Waals surface area contributed by atoms with Gasteiger partial charge in [-0.25, -0.2) is 0 Å². The zero-order valence-corrected chi connectivity index (χ0v) is 14.1. The van der Waals surface area contributed by atoms with E-state index in [1.165, 1.54) is 0 Å². The lowest BCUT2D eigenvalue weighted by atomic mass is 10.0. The Kier molecular flexibility index (Phi) is 4.27. The van der Waals surface area contributed by atoms with E-state index in [-0.39, 0.29) is 17.5 Å². The molecule has 5 heteroatoms. The first-order valence-corrected chi connectivity index (χ1v) is 8.51. The van der Waals surface area contributed by atoms with Gasteiger partial charge in [-0.15, -0.1) is 0 Å². The zero-order chi connectivity index (χ0) is 17.9. The molecule has 1 amide bonds. The van der Waals surface area contributed by atoms with Crippen LogP contribution in [0.5, 0.6) is 5.75 Å². The molecule has 4 rings (SSSR count). The minimum atomic E-state index is -0.402. The highest BCUT2D eigenvalue weighted by atomic mass is 16.5. The van der Waals surface area contributed by atoms with Crippen LogP contribution >= 0.6 is 0 Å². The number of rotatable bonds is 3. The smallest absolute Gasteiger partial charge is 0.261 e. The number of pyridine rings is 1. The molecule has 0 aliphatic carbocycles. The van der Waals surface area contributed by atoms with Gasteiger partial charge in [-0.1, -0.05) is 48.5 Å². The molecule has 0 fully saturated rings. The summed E-state index contributed by atoms with van der Waals surface area (Å²) in [6.45, 7) is 0.392. The predicted octanol–water partition coefficient (Wildman–Crippen LogP) is 2.78.